The molecule has 0 saturated carbocycles. The van der Waals surface area contributed by atoms with Crippen LogP contribution in [0.1, 0.15) is 22.8 Å². The van der Waals surface area contributed by atoms with Crippen LogP contribution in [0.4, 0.5) is 5.69 Å². The summed E-state index contributed by atoms with van der Waals surface area (Å²) in [4.78, 5) is 19.9. The molecule has 0 atom stereocenters. The van der Waals surface area contributed by atoms with Gasteiger partial charge in [0.05, 0.1) is 37.7 Å². The molecule has 166 valence electrons. The SMILES string of the molecule is CCOc1ccccc1C(=O)N(Cc1ccccc1-c1ccccc1)c1ccc(OC)nc1. The number of carbonyl (C=O) groups is 1. The third kappa shape index (κ3) is 5.04. The van der Waals surface area contributed by atoms with Crippen LogP contribution in [0.3, 0.4) is 0 Å². The van der Waals surface area contributed by atoms with Gasteiger partial charge in [0.1, 0.15) is 5.75 Å². The number of para-hydroxylation sites is 1. The summed E-state index contributed by atoms with van der Waals surface area (Å²) in [6, 6.07) is 29.2. The molecule has 5 nitrogen and oxygen atoms in total. The Balaban J connectivity index is 1.77. The maximum Gasteiger partial charge on any atom is 0.262 e. The Hall–Kier alpha value is -4.12. The van der Waals surface area contributed by atoms with Gasteiger partial charge < -0.3 is 14.4 Å². The summed E-state index contributed by atoms with van der Waals surface area (Å²) in [7, 11) is 1.57. The van der Waals surface area contributed by atoms with E-state index in [0.717, 1.165) is 16.7 Å². The molecule has 1 aromatic heterocycles. The lowest BCUT2D eigenvalue weighted by atomic mass is 9.99. The first kappa shape index (κ1) is 22.1. The molecule has 0 saturated heterocycles. The first-order valence-corrected chi connectivity index (χ1v) is 10.9. The van der Waals surface area contributed by atoms with E-state index in [2.05, 4.69) is 23.2 Å². The third-order valence-electron chi connectivity index (χ3n) is 5.33. The zero-order valence-electron chi connectivity index (χ0n) is 18.8. The Bertz CT molecular complexity index is 1210. The minimum Gasteiger partial charge on any atom is -0.493 e. The molecule has 0 radical (unpaired) electrons. The van der Waals surface area contributed by atoms with Crippen molar-refractivity contribution in [1.29, 1.82) is 0 Å². The van der Waals surface area contributed by atoms with E-state index in [-0.39, 0.29) is 5.91 Å². The lowest BCUT2D eigenvalue weighted by Crippen LogP contribution is -2.31. The summed E-state index contributed by atoms with van der Waals surface area (Å²) in [5.74, 6) is 0.896. The topological polar surface area (TPSA) is 51.7 Å². The molecular formula is C28H26N2O3. The van der Waals surface area contributed by atoms with Gasteiger partial charge in [0.15, 0.2) is 0 Å². The van der Waals surface area contributed by atoms with Crippen LogP contribution in [0.2, 0.25) is 0 Å². The van der Waals surface area contributed by atoms with Crippen LogP contribution in [-0.4, -0.2) is 24.6 Å². The Kier molecular flexibility index (Phi) is 7.00. The van der Waals surface area contributed by atoms with Crippen LogP contribution >= 0.6 is 0 Å². The molecule has 0 N–H and O–H groups in total. The van der Waals surface area contributed by atoms with E-state index < -0.39 is 0 Å². The fourth-order valence-electron chi connectivity index (χ4n) is 3.73. The highest BCUT2D eigenvalue weighted by atomic mass is 16.5. The number of nitrogens with zero attached hydrogens (tertiary/aromatic N) is 2. The van der Waals surface area contributed by atoms with Crippen LogP contribution in [0.5, 0.6) is 11.6 Å². The number of aromatic nitrogens is 1. The molecule has 5 heteroatoms. The third-order valence-corrected chi connectivity index (χ3v) is 5.33. The molecule has 0 aliphatic carbocycles. The van der Waals surface area contributed by atoms with Crippen LogP contribution < -0.4 is 14.4 Å². The smallest absolute Gasteiger partial charge is 0.262 e. The van der Waals surface area contributed by atoms with E-state index in [1.807, 2.05) is 67.6 Å². The van der Waals surface area contributed by atoms with Crippen LogP contribution in [-0.2, 0) is 6.54 Å². The van der Waals surface area contributed by atoms with Gasteiger partial charge >= 0.3 is 0 Å². The molecule has 0 aliphatic rings. The molecule has 0 fully saturated rings. The van der Waals surface area contributed by atoms with Crippen LogP contribution in [0.15, 0.2) is 97.2 Å². The van der Waals surface area contributed by atoms with Crippen molar-refractivity contribution >= 4 is 11.6 Å². The molecule has 0 bridgehead atoms. The highest BCUT2D eigenvalue weighted by Gasteiger charge is 2.23. The average Bonchev–Trinajstić information content (AvgIpc) is 2.88. The molecule has 0 unspecified atom stereocenters. The van der Waals surface area contributed by atoms with Gasteiger partial charge in [-0.2, -0.15) is 0 Å². The van der Waals surface area contributed by atoms with Crippen molar-refractivity contribution in [2.75, 3.05) is 18.6 Å². The van der Waals surface area contributed by atoms with Crippen molar-refractivity contribution in [1.82, 2.24) is 4.98 Å². The second-order valence-electron chi connectivity index (χ2n) is 7.40. The fourth-order valence-corrected chi connectivity index (χ4v) is 3.73. The lowest BCUT2D eigenvalue weighted by molar-refractivity contribution is 0.0981. The number of anilines is 1. The van der Waals surface area contributed by atoms with E-state index in [1.54, 1.807) is 30.3 Å². The molecule has 33 heavy (non-hydrogen) atoms. The van der Waals surface area contributed by atoms with E-state index in [0.29, 0.717) is 36.0 Å². The van der Waals surface area contributed by atoms with E-state index in [1.165, 1.54) is 0 Å². The lowest BCUT2D eigenvalue weighted by Gasteiger charge is -2.25. The molecule has 0 spiro atoms. The van der Waals surface area contributed by atoms with Crippen molar-refractivity contribution in [3.63, 3.8) is 0 Å². The molecule has 0 aliphatic heterocycles. The van der Waals surface area contributed by atoms with Gasteiger partial charge in [0.25, 0.3) is 5.91 Å². The number of methoxy groups -OCH3 is 1. The highest BCUT2D eigenvalue weighted by Crippen LogP contribution is 2.29. The van der Waals surface area contributed by atoms with Gasteiger partial charge in [0.2, 0.25) is 5.88 Å². The van der Waals surface area contributed by atoms with Crippen LogP contribution in [0, 0.1) is 0 Å². The van der Waals surface area contributed by atoms with Gasteiger partial charge in [-0.05, 0) is 41.8 Å². The first-order valence-electron chi connectivity index (χ1n) is 10.9. The van der Waals surface area contributed by atoms with Crippen molar-refractivity contribution in [2.45, 2.75) is 13.5 Å². The van der Waals surface area contributed by atoms with E-state index in [9.17, 15) is 4.79 Å². The Morgan fingerprint density at radius 3 is 2.33 bits per heavy atom. The second-order valence-corrected chi connectivity index (χ2v) is 7.40. The predicted octanol–water partition coefficient (Wildman–Crippen LogP) is 6.00. The minimum atomic E-state index is -0.158. The zero-order chi connectivity index (χ0) is 23.0. The van der Waals surface area contributed by atoms with Gasteiger partial charge in [-0.3, -0.25) is 4.79 Å². The summed E-state index contributed by atoms with van der Waals surface area (Å²) < 4.78 is 10.9. The number of ether oxygens (including phenoxy) is 2. The van der Waals surface area contributed by atoms with Gasteiger partial charge in [-0.25, -0.2) is 4.98 Å². The summed E-state index contributed by atoms with van der Waals surface area (Å²) in [5, 5.41) is 0. The fraction of sp³-hybridized carbons (Fsp3) is 0.143. The first-order chi connectivity index (χ1) is 16.2. The number of hydrogen-bond donors (Lipinski definition) is 0. The molecular weight excluding hydrogens is 412 g/mol. The molecule has 1 heterocycles. The Morgan fingerprint density at radius 2 is 1.61 bits per heavy atom. The molecule has 1 amide bonds. The van der Waals surface area contributed by atoms with Gasteiger partial charge in [-0.15, -0.1) is 0 Å². The second kappa shape index (κ2) is 10.5. The summed E-state index contributed by atoms with van der Waals surface area (Å²) in [5.41, 5.74) is 4.39. The number of amides is 1. The van der Waals surface area contributed by atoms with Gasteiger partial charge in [-0.1, -0.05) is 66.7 Å². The minimum absolute atomic E-state index is 0.158. The molecule has 3 aromatic carbocycles. The predicted molar refractivity (Wildman–Crippen MR) is 131 cm³/mol. The van der Waals surface area contributed by atoms with Crippen molar-refractivity contribution in [3.05, 3.63) is 108 Å². The van der Waals surface area contributed by atoms with Crippen molar-refractivity contribution in [2.24, 2.45) is 0 Å². The normalized spacial score (nSPS) is 10.5. The molecule has 4 aromatic rings. The number of benzene rings is 3. The monoisotopic (exact) mass is 438 g/mol. The van der Waals surface area contributed by atoms with Crippen molar-refractivity contribution in [3.8, 4) is 22.8 Å². The quantitative estimate of drug-likeness (QED) is 0.338. The standard InChI is InChI=1S/C28H26N2O3/c1-3-33-26-16-10-9-15-25(26)28(31)30(23-17-18-27(32-2)29-19-23)20-22-13-7-8-14-24(22)21-11-5-4-6-12-21/h4-19H,3,20H2,1-2H3. The maximum atomic E-state index is 13.8. The number of pyridine rings is 1. The van der Waals surface area contributed by atoms with E-state index >= 15 is 0 Å². The summed E-state index contributed by atoms with van der Waals surface area (Å²) >= 11 is 0. The van der Waals surface area contributed by atoms with Gasteiger partial charge in [0, 0.05) is 6.07 Å². The maximum absolute atomic E-state index is 13.8. The number of rotatable bonds is 8. The van der Waals surface area contributed by atoms with Crippen LogP contribution in [0.25, 0.3) is 11.1 Å². The zero-order valence-corrected chi connectivity index (χ0v) is 18.8. The number of carbonyl (C=O) groups excluding carboxylic acids is 1. The Morgan fingerprint density at radius 1 is 0.879 bits per heavy atom. The van der Waals surface area contributed by atoms with Crippen molar-refractivity contribution < 1.29 is 14.3 Å². The highest BCUT2D eigenvalue weighted by molar-refractivity contribution is 6.07. The Labute approximate surface area is 194 Å². The summed E-state index contributed by atoms with van der Waals surface area (Å²) in [6.07, 6.45) is 1.66. The van der Waals surface area contributed by atoms with E-state index in [4.69, 9.17) is 9.47 Å². The average molecular weight is 439 g/mol. The number of hydrogen-bond acceptors (Lipinski definition) is 4. The largest absolute Gasteiger partial charge is 0.493 e. The summed E-state index contributed by atoms with van der Waals surface area (Å²) in [6.45, 7) is 2.76. The molecule has 4 rings (SSSR count).